The van der Waals surface area contributed by atoms with Crippen LogP contribution in [-0.4, -0.2) is 41.9 Å². The Morgan fingerprint density at radius 1 is 1.14 bits per heavy atom. The van der Waals surface area contributed by atoms with Crippen LogP contribution in [0.5, 0.6) is 0 Å². The van der Waals surface area contributed by atoms with Gasteiger partial charge in [0.2, 0.25) is 0 Å². The van der Waals surface area contributed by atoms with Crippen molar-refractivity contribution in [1.29, 1.82) is 0 Å². The number of piperidine rings is 1. The van der Waals surface area contributed by atoms with E-state index >= 15 is 0 Å². The Bertz CT molecular complexity index is 884. The van der Waals surface area contributed by atoms with Crippen LogP contribution in [0.4, 0.5) is 11.4 Å². The van der Waals surface area contributed by atoms with Crippen molar-refractivity contribution >= 4 is 17.3 Å². The molecule has 2 aliphatic heterocycles. The van der Waals surface area contributed by atoms with Crippen LogP contribution in [0, 0.1) is 15.5 Å². The van der Waals surface area contributed by atoms with E-state index in [-0.39, 0.29) is 11.6 Å². The first-order chi connectivity index (χ1) is 14.1. The molecule has 7 nitrogen and oxygen atoms in total. The molecule has 0 bridgehead atoms. The van der Waals surface area contributed by atoms with Crippen LogP contribution in [0.3, 0.4) is 0 Å². The largest absolute Gasteiger partial charge is 0.375 e. The molecule has 2 aliphatic rings. The summed E-state index contributed by atoms with van der Waals surface area (Å²) in [5.74, 6) is -0.122. The Balaban J connectivity index is 1.45. The highest BCUT2D eigenvalue weighted by atomic mass is 16.6. The fraction of sp³-hybridized carbons (Fsp3) is 0.409. The highest BCUT2D eigenvalue weighted by molar-refractivity contribution is 5.95. The van der Waals surface area contributed by atoms with Gasteiger partial charge in [-0.1, -0.05) is 30.3 Å². The van der Waals surface area contributed by atoms with Crippen molar-refractivity contribution in [1.82, 2.24) is 10.2 Å². The smallest absolute Gasteiger partial charge is 0.293 e. The predicted molar refractivity (Wildman–Crippen MR) is 112 cm³/mol. The van der Waals surface area contributed by atoms with Gasteiger partial charge in [0.1, 0.15) is 5.69 Å². The van der Waals surface area contributed by atoms with E-state index in [0.717, 1.165) is 31.5 Å². The number of hydrogen-bond acceptors (Lipinski definition) is 5. The van der Waals surface area contributed by atoms with Gasteiger partial charge in [-0.25, -0.2) is 0 Å². The summed E-state index contributed by atoms with van der Waals surface area (Å²) in [6, 6.07) is 14.4. The van der Waals surface area contributed by atoms with Crippen LogP contribution in [0.15, 0.2) is 48.5 Å². The summed E-state index contributed by atoms with van der Waals surface area (Å²) >= 11 is 0. The molecular formula is C22H26N4O3. The van der Waals surface area contributed by atoms with Gasteiger partial charge in [-0.15, -0.1) is 0 Å². The van der Waals surface area contributed by atoms with Gasteiger partial charge in [-0.3, -0.25) is 14.9 Å². The minimum Gasteiger partial charge on any atom is -0.375 e. The first-order valence-corrected chi connectivity index (χ1v) is 10.1. The van der Waals surface area contributed by atoms with E-state index in [1.54, 1.807) is 12.1 Å². The van der Waals surface area contributed by atoms with Gasteiger partial charge in [0.25, 0.3) is 11.6 Å². The van der Waals surface area contributed by atoms with Crippen molar-refractivity contribution < 1.29 is 9.72 Å². The molecule has 1 amide bonds. The van der Waals surface area contributed by atoms with Crippen LogP contribution in [0.25, 0.3) is 0 Å². The normalized spacial score (nSPS) is 18.0. The summed E-state index contributed by atoms with van der Waals surface area (Å²) in [6.45, 7) is 3.99. The molecule has 0 aliphatic carbocycles. The number of nitro benzene ring substituents is 1. The Hall–Kier alpha value is -2.93. The van der Waals surface area contributed by atoms with Crippen molar-refractivity contribution in [2.24, 2.45) is 5.41 Å². The average molecular weight is 394 g/mol. The van der Waals surface area contributed by atoms with Gasteiger partial charge < -0.3 is 15.5 Å². The number of nitrogens with one attached hydrogen (secondary N) is 2. The second kappa shape index (κ2) is 8.21. The molecule has 0 saturated carbocycles. The zero-order chi connectivity index (χ0) is 20.3. The van der Waals surface area contributed by atoms with Crippen LogP contribution in [0.2, 0.25) is 0 Å². The summed E-state index contributed by atoms with van der Waals surface area (Å²) < 4.78 is 0. The van der Waals surface area contributed by atoms with E-state index in [1.165, 1.54) is 12.5 Å². The molecule has 2 aromatic carbocycles. The first-order valence-electron chi connectivity index (χ1n) is 10.1. The summed E-state index contributed by atoms with van der Waals surface area (Å²) in [4.78, 5) is 25.9. The Labute approximate surface area is 170 Å². The molecule has 2 heterocycles. The van der Waals surface area contributed by atoms with Gasteiger partial charge in [-0.05, 0) is 48.9 Å². The van der Waals surface area contributed by atoms with Gasteiger partial charge in [0.15, 0.2) is 0 Å². The zero-order valence-electron chi connectivity index (χ0n) is 16.4. The first kappa shape index (κ1) is 19.4. The van der Waals surface area contributed by atoms with E-state index in [2.05, 4.69) is 10.6 Å². The van der Waals surface area contributed by atoms with Crippen molar-refractivity contribution in [3.8, 4) is 0 Å². The molecule has 2 fully saturated rings. The highest BCUT2D eigenvalue weighted by Crippen LogP contribution is 2.37. The molecule has 0 radical (unpaired) electrons. The third-order valence-corrected chi connectivity index (χ3v) is 6.21. The van der Waals surface area contributed by atoms with Crippen LogP contribution >= 0.6 is 0 Å². The number of carbonyl (C=O) groups is 1. The Kier molecular flexibility index (Phi) is 5.49. The zero-order valence-corrected chi connectivity index (χ0v) is 16.4. The molecule has 0 atom stereocenters. The average Bonchev–Trinajstić information content (AvgIpc) is 3.21. The number of nitrogens with zero attached hydrogens (tertiary/aromatic N) is 2. The second-order valence-corrected chi connectivity index (χ2v) is 8.05. The lowest BCUT2D eigenvalue weighted by Gasteiger charge is -2.38. The minimum atomic E-state index is -0.431. The number of hydrogen-bond donors (Lipinski definition) is 2. The number of carbonyl (C=O) groups excluding carboxylic acids is 1. The maximum absolute atomic E-state index is 12.9. The van der Waals surface area contributed by atoms with E-state index in [9.17, 15) is 14.9 Å². The molecule has 0 unspecified atom stereocenters. The SMILES string of the molecule is O=C(c1ccc(NCc2ccccc2)c([N+](=O)[O-])c1)N1CCC2(CCNC2)CC1. The molecule has 29 heavy (non-hydrogen) atoms. The maximum atomic E-state index is 12.9. The fourth-order valence-corrected chi connectivity index (χ4v) is 4.35. The lowest BCUT2D eigenvalue weighted by Crippen LogP contribution is -2.44. The van der Waals surface area contributed by atoms with Crippen LogP contribution < -0.4 is 10.6 Å². The molecular weight excluding hydrogens is 368 g/mol. The van der Waals surface area contributed by atoms with Crippen molar-refractivity contribution in [3.63, 3.8) is 0 Å². The van der Waals surface area contributed by atoms with Gasteiger partial charge >= 0.3 is 0 Å². The molecule has 0 aromatic heterocycles. The molecule has 152 valence electrons. The fourth-order valence-electron chi connectivity index (χ4n) is 4.35. The predicted octanol–water partition coefficient (Wildman–Crippen LogP) is 3.42. The number of rotatable bonds is 5. The quantitative estimate of drug-likeness (QED) is 0.599. The van der Waals surface area contributed by atoms with Crippen molar-refractivity contribution in [3.05, 3.63) is 69.8 Å². The molecule has 2 saturated heterocycles. The van der Waals surface area contributed by atoms with Gasteiger partial charge in [0.05, 0.1) is 4.92 Å². The second-order valence-electron chi connectivity index (χ2n) is 8.05. The minimum absolute atomic E-state index is 0.0692. The number of nitro groups is 1. The topological polar surface area (TPSA) is 87.5 Å². The third kappa shape index (κ3) is 4.24. The van der Waals surface area contributed by atoms with Gasteiger partial charge in [0, 0.05) is 37.8 Å². The molecule has 2 N–H and O–H groups in total. The molecule has 7 heteroatoms. The van der Waals surface area contributed by atoms with Gasteiger partial charge in [-0.2, -0.15) is 0 Å². The van der Waals surface area contributed by atoms with Crippen LogP contribution in [-0.2, 0) is 6.54 Å². The molecule has 4 rings (SSSR count). The summed E-state index contributed by atoms with van der Waals surface area (Å²) in [7, 11) is 0. The summed E-state index contributed by atoms with van der Waals surface area (Å²) in [6.07, 6.45) is 3.15. The molecule has 1 spiro atoms. The van der Waals surface area contributed by atoms with E-state index in [4.69, 9.17) is 0 Å². The number of anilines is 1. The Morgan fingerprint density at radius 3 is 2.55 bits per heavy atom. The van der Waals surface area contributed by atoms with Crippen LogP contribution in [0.1, 0.15) is 35.2 Å². The summed E-state index contributed by atoms with van der Waals surface area (Å²) in [5, 5.41) is 18.1. The highest BCUT2D eigenvalue weighted by Gasteiger charge is 2.38. The lowest BCUT2D eigenvalue weighted by atomic mass is 9.78. The van der Waals surface area contributed by atoms with Crippen molar-refractivity contribution in [2.75, 3.05) is 31.5 Å². The number of amides is 1. The van der Waals surface area contributed by atoms with Crippen molar-refractivity contribution in [2.45, 2.75) is 25.8 Å². The van der Waals surface area contributed by atoms with E-state index in [1.807, 2.05) is 35.2 Å². The number of benzene rings is 2. The molecule has 2 aromatic rings. The maximum Gasteiger partial charge on any atom is 0.293 e. The lowest BCUT2D eigenvalue weighted by molar-refractivity contribution is -0.384. The third-order valence-electron chi connectivity index (χ3n) is 6.21. The summed E-state index contributed by atoms with van der Waals surface area (Å²) in [5.41, 5.74) is 2.09. The van der Waals surface area contributed by atoms with E-state index < -0.39 is 4.92 Å². The number of likely N-dealkylation sites (tertiary alicyclic amines) is 1. The Morgan fingerprint density at radius 2 is 1.90 bits per heavy atom. The monoisotopic (exact) mass is 394 g/mol. The standard InChI is InChI=1S/C22H26N4O3/c27-21(25-12-9-22(10-13-25)8-11-23-16-22)18-6-7-19(20(14-18)26(28)29)24-15-17-4-2-1-3-5-17/h1-7,14,23-24H,8-13,15-16H2. The van der Waals surface area contributed by atoms with E-state index in [0.29, 0.717) is 36.3 Å².